The molecule has 3 aromatic carbocycles. The lowest BCUT2D eigenvalue weighted by atomic mass is 10.1. The first-order valence-electron chi connectivity index (χ1n) is 9.92. The van der Waals surface area contributed by atoms with Crippen molar-refractivity contribution in [3.05, 3.63) is 91.2 Å². The standard InChI is InChI=1S/C25H25N3O/c1-3-27-24-13-9-8-12-22(24)23-18-20(14-15-25(23)27)19-26-28(16-17-29-4-2)21-10-6-5-7-11-21/h4-15,18-19H,2-3,16-17H2,1H3. The molecule has 0 radical (unpaired) electrons. The number of benzene rings is 3. The molecular weight excluding hydrogens is 358 g/mol. The highest BCUT2D eigenvalue weighted by molar-refractivity contribution is 6.09. The van der Waals surface area contributed by atoms with E-state index in [4.69, 9.17) is 9.84 Å². The normalized spacial score (nSPS) is 11.3. The minimum atomic E-state index is 0.527. The molecule has 0 unspecified atom stereocenters. The maximum atomic E-state index is 5.30. The van der Waals surface area contributed by atoms with Gasteiger partial charge in [-0.25, -0.2) is 0 Å². The SMILES string of the molecule is C=COCCN(N=Cc1ccc2c(c1)c1ccccc1n2CC)c1ccccc1. The molecule has 0 saturated carbocycles. The summed E-state index contributed by atoms with van der Waals surface area (Å²) < 4.78 is 7.66. The third-order valence-corrected chi connectivity index (χ3v) is 5.05. The van der Waals surface area contributed by atoms with Crippen LogP contribution in [0.5, 0.6) is 0 Å². The largest absolute Gasteiger partial charge is 0.500 e. The smallest absolute Gasteiger partial charge is 0.107 e. The summed E-state index contributed by atoms with van der Waals surface area (Å²) >= 11 is 0. The molecule has 0 aliphatic carbocycles. The molecule has 29 heavy (non-hydrogen) atoms. The zero-order valence-electron chi connectivity index (χ0n) is 16.7. The Balaban J connectivity index is 1.68. The predicted molar refractivity (Wildman–Crippen MR) is 123 cm³/mol. The first-order chi connectivity index (χ1) is 14.3. The molecule has 0 aliphatic rings. The van der Waals surface area contributed by atoms with Gasteiger partial charge < -0.3 is 9.30 Å². The molecule has 0 aliphatic heterocycles. The topological polar surface area (TPSA) is 29.8 Å². The lowest BCUT2D eigenvalue weighted by molar-refractivity contribution is 0.258. The van der Waals surface area contributed by atoms with Crippen molar-refractivity contribution in [2.45, 2.75) is 13.5 Å². The molecule has 0 saturated heterocycles. The molecule has 0 bridgehead atoms. The van der Waals surface area contributed by atoms with Gasteiger partial charge in [0.25, 0.3) is 0 Å². The number of anilines is 1. The number of hydrogen-bond acceptors (Lipinski definition) is 3. The molecular formula is C25H25N3O. The molecule has 0 amide bonds. The highest BCUT2D eigenvalue weighted by Crippen LogP contribution is 2.29. The van der Waals surface area contributed by atoms with Gasteiger partial charge >= 0.3 is 0 Å². The fraction of sp³-hybridized carbons (Fsp3) is 0.160. The van der Waals surface area contributed by atoms with Crippen molar-refractivity contribution in [1.29, 1.82) is 0 Å². The van der Waals surface area contributed by atoms with Crippen LogP contribution >= 0.6 is 0 Å². The van der Waals surface area contributed by atoms with E-state index >= 15 is 0 Å². The predicted octanol–water partition coefficient (Wildman–Crippen LogP) is 5.82. The molecule has 1 heterocycles. The average molecular weight is 383 g/mol. The van der Waals surface area contributed by atoms with E-state index < -0.39 is 0 Å². The number of ether oxygens (including phenoxy) is 1. The van der Waals surface area contributed by atoms with Crippen molar-refractivity contribution in [2.24, 2.45) is 5.10 Å². The summed E-state index contributed by atoms with van der Waals surface area (Å²) in [5.74, 6) is 0. The fourth-order valence-corrected chi connectivity index (χ4v) is 3.70. The van der Waals surface area contributed by atoms with Crippen LogP contribution < -0.4 is 5.01 Å². The Morgan fingerprint density at radius 3 is 2.52 bits per heavy atom. The monoisotopic (exact) mass is 383 g/mol. The number of nitrogens with zero attached hydrogens (tertiary/aromatic N) is 3. The highest BCUT2D eigenvalue weighted by Gasteiger charge is 2.09. The van der Waals surface area contributed by atoms with Crippen LogP contribution in [0.2, 0.25) is 0 Å². The van der Waals surface area contributed by atoms with Gasteiger partial charge in [-0.3, -0.25) is 5.01 Å². The summed E-state index contributed by atoms with van der Waals surface area (Å²) in [4.78, 5) is 0. The lowest BCUT2D eigenvalue weighted by Gasteiger charge is -2.18. The summed E-state index contributed by atoms with van der Waals surface area (Å²) in [7, 11) is 0. The Bertz CT molecular complexity index is 1140. The van der Waals surface area contributed by atoms with E-state index in [1.165, 1.54) is 28.1 Å². The van der Waals surface area contributed by atoms with E-state index in [-0.39, 0.29) is 0 Å². The maximum Gasteiger partial charge on any atom is 0.107 e. The van der Waals surface area contributed by atoms with Gasteiger partial charge in [-0.15, -0.1) is 0 Å². The molecule has 4 heteroatoms. The van der Waals surface area contributed by atoms with Gasteiger partial charge in [0.15, 0.2) is 0 Å². The van der Waals surface area contributed by atoms with Crippen LogP contribution in [0.15, 0.2) is 90.7 Å². The van der Waals surface area contributed by atoms with Crippen LogP contribution in [-0.2, 0) is 11.3 Å². The summed E-state index contributed by atoms with van der Waals surface area (Å²) in [5, 5.41) is 9.22. The van der Waals surface area contributed by atoms with Crippen molar-refractivity contribution in [3.8, 4) is 0 Å². The number of aromatic nitrogens is 1. The van der Waals surface area contributed by atoms with Crippen LogP contribution in [0.4, 0.5) is 5.69 Å². The van der Waals surface area contributed by atoms with Gasteiger partial charge in [-0.1, -0.05) is 49.0 Å². The number of aryl methyl sites for hydroxylation is 1. The quantitative estimate of drug-likeness (QED) is 0.166. The fourth-order valence-electron chi connectivity index (χ4n) is 3.70. The van der Waals surface area contributed by atoms with E-state index in [0.717, 1.165) is 17.8 Å². The zero-order valence-corrected chi connectivity index (χ0v) is 16.7. The van der Waals surface area contributed by atoms with E-state index in [1.54, 1.807) is 0 Å². The van der Waals surface area contributed by atoms with Crippen molar-refractivity contribution in [2.75, 3.05) is 18.2 Å². The van der Waals surface area contributed by atoms with E-state index in [0.29, 0.717) is 13.2 Å². The van der Waals surface area contributed by atoms with Crippen molar-refractivity contribution in [3.63, 3.8) is 0 Å². The Labute approximate surface area is 171 Å². The Hall–Kier alpha value is -3.53. The third kappa shape index (κ3) is 3.87. The molecule has 0 fully saturated rings. The minimum Gasteiger partial charge on any atom is -0.500 e. The minimum absolute atomic E-state index is 0.527. The second kappa shape index (κ2) is 8.65. The molecule has 4 nitrogen and oxygen atoms in total. The summed E-state index contributed by atoms with van der Waals surface area (Å²) in [6.07, 6.45) is 3.38. The summed E-state index contributed by atoms with van der Waals surface area (Å²) in [6.45, 7) is 7.91. The molecule has 146 valence electrons. The van der Waals surface area contributed by atoms with Gasteiger partial charge in [-0.2, -0.15) is 5.10 Å². The first kappa shape index (κ1) is 18.8. The second-order valence-corrected chi connectivity index (χ2v) is 6.78. The number of rotatable bonds is 8. The maximum absolute atomic E-state index is 5.30. The Morgan fingerprint density at radius 2 is 1.72 bits per heavy atom. The Morgan fingerprint density at radius 1 is 0.966 bits per heavy atom. The number of hydrogen-bond donors (Lipinski definition) is 0. The number of fused-ring (bicyclic) bond motifs is 3. The van der Waals surface area contributed by atoms with Crippen LogP contribution in [0.25, 0.3) is 21.8 Å². The summed E-state index contributed by atoms with van der Waals surface area (Å²) in [5.41, 5.74) is 4.62. The van der Waals surface area contributed by atoms with Gasteiger partial charge in [0.05, 0.1) is 24.7 Å². The van der Waals surface area contributed by atoms with E-state index in [1.807, 2.05) is 41.6 Å². The number of para-hydroxylation sites is 2. The third-order valence-electron chi connectivity index (χ3n) is 5.05. The van der Waals surface area contributed by atoms with Crippen LogP contribution in [-0.4, -0.2) is 23.9 Å². The lowest BCUT2D eigenvalue weighted by Crippen LogP contribution is -2.21. The van der Waals surface area contributed by atoms with Gasteiger partial charge in [0.2, 0.25) is 0 Å². The molecule has 4 rings (SSSR count). The molecule has 0 spiro atoms. The number of hydrazone groups is 1. The Kier molecular flexibility index (Phi) is 5.61. The van der Waals surface area contributed by atoms with E-state index in [9.17, 15) is 0 Å². The van der Waals surface area contributed by atoms with Gasteiger partial charge in [-0.05, 0) is 42.8 Å². The van der Waals surface area contributed by atoms with Crippen LogP contribution in [0.3, 0.4) is 0 Å². The zero-order chi connectivity index (χ0) is 20.1. The molecule has 0 atom stereocenters. The van der Waals surface area contributed by atoms with Crippen molar-refractivity contribution >= 4 is 33.7 Å². The van der Waals surface area contributed by atoms with Gasteiger partial charge in [0, 0.05) is 28.4 Å². The second-order valence-electron chi connectivity index (χ2n) is 6.78. The summed E-state index contributed by atoms with van der Waals surface area (Å²) in [6, 6.07) is 25.2. The highest BCUT2D eigenvalue weighted by atomic mass is 16.5. The van der Waals surface area contributed by atoms with E-state index in [2.05, 4.69) is 60.5 Å². The van der Waals surface area contributed by atoms with Gasteiger partial charge in [0.1, 0.15) is 6.61 Å². The van der Waals surface area contributed by atoms with Crippen molar-refractivity contribution in [1.82, 2.24) is 4.57 Å². The molecule has 4 aromatic rings. The van der Waals surface area contributed by atoms with Crippen LogP contribution in [0, 0.1) is 0 Å². The van der Waals surface area contributed by atoms with Crippen LogP contribution in [0.1, 0.15) is 12.5 Å². The molecule has 1 aromatic heterocycles. The molecule has 0 N–H and O–H groups in total. The van der Waals surface area contributed by atoms with Crippen molar-refractivity contribution < 1.29 is 4.74 Å². The average Bonchev–Trinajstić information content (AvgIpc) is 3.10. The first-order valence-corrected chi connectivity index (χ1v) is 9.92.